The van der Waals surface area contributed by atoms with Gasteiger partial charge < -0.3 is 9.80 Å². The minimum absolute atomic E-state index is 0.181. The van der Waals surface area contributed by atoms with Gasteiger partial charge >= 0.3 is 0 Å². The summed E-state index contributed by atoms with van der Waals surface area (Å²) in [5, 5.41) is 3.00. The van der Waals surface area contributed by atoms with E-state index in [2.05, 4.69) is 9.88 Å². The van der Waals surface area contributed by atoms with E-state index in [4.69, 9.17) is 0 Å². The molecule has 2 heterocycles. The summed E-state index contributed by atoms with van der Waals surface area (Å²) in [5.74, 6) is 0.181. The van der Waals surface area contributed by atoms with Crippen LogP contribution in [0.5, 0.6) is 0 Å². The van der Waals surface area contributed by atoms with Gasteiger partial charge in [0.2, 0.25) is 5.91 Å². The molecule has 6 heteroatoms. The van der Waals surface area contributed by atoms with Gasteiger partial charge in [-0.3, -0.25) is 9.59 Å². The van der Waals surface area contributed by atoms with Gasteiger partial charge in [0.25, 0.3) is 0 Å². The number of rotatable bonds is 5. The molecule has 0 atom stereocenters. The van der Waals surface area contributed by atoms with Crippen molar-refractivity contribution in [2.24, 2.45) is 0 Å². The maximum atomic E-state index is 12.3. The van der Waals surface area contributed by atoms with Crippen LogP contribution in [0.3, 0.4) is 0 Å². The van der Waals surface area contributed by atoms with Crippen molar-refractivity contribution in [2.75, 3.05) is 31.1 Å². The number of anilines is 1. The first-order valence-electron chi connectivity index (χ1n) is 7.72. The number of hydrogen-bond donors (Lipinski definition) is 0. The number of carbonyl (C=O) groups excluding carboxylic acids is 2. The van der Waals surface area contributed by atoms with Gasteiger partial charge in [-0.15, -0.1) is 11.3 Å². The highest BCUT2D eigenvalue weighted by atomic mass is 32.1. The molecule has 23 heavy (non-hydrogen) atoms. The Morgan fingerprint density at radius 1 is 1.26 bits per heavy atom. The fourth-order valence-electron chi connectivity index (χ4n) is 2.75. The Labute approximate surface area is 139 Å². The standard InChI is InChI=1S/C17H19N3O2S/c21-13-15-3-1-2-14(12-15)4-5-16(22)19-7-9-20(10-8-19)17-18-6-11-23-17/h1-3,6,11-13H,4-5,7-10H2. The summed E-state index contributed by atoms with van der Waals surface area (Å²) in [6.07, 6.45) is 3.81. The van der Waals surface area contributed by atoms with Gasteiger partial charge in [0.15, 0.2) is 5.13 Å². The zero-order chi connectivity index (χ0) is 16.1. The lowest BCUT2D eigenvalue weighted by Crippen LogP contribution is -2.48. The predicted octanol–water partition coefficient (Wildman–Crippen LogP) is 2.24. The summed E-state index contributed by atoms with van der Waals surface area (Å²) >= 11 is 1.63. The van der Waals surface area contributed by atoms with E-state index in [0.29, 0.717) is 18.4 Å². The van der Waals surface area contributed by atoms with Gasteiger partial charge in [-0.25, -0.2) is 4.98 Å². The zero-order valence-corrected chi connectivity index (χ0v) is 13.7. The number of amides is 1. The molecule has 0 bridgehead atoms. The Morgan fingerprint density at radius 3 is 2.78 bits per heavy atom. The quantitative estimate of drug-likeness (QED) is 0.790. The maximum Gasteiger partial charge on any atom is 0.223 e. The van der Waals surface area contributed by atoms with Gasteiger partial charge in [0.05, 0.1) is 0 Å². The smallest absolute Gasteiger partial charge is 0.223 e. The lowest BCUT2D eigenvalue weighted by molar-refractivity contribution is -0.131. The maximum absolute atomic E-state index is 12.3. The van der Waals surface area contributed by atoms with Crippen molar-refractivity contribution in [3.8, 4) is 0 Å². The van der Waals surface area contributed by atoms with E-state index in [0.717, 1.165) is 43.2 Å². The van der Waals surface area contributed by atoms with E-state index >= 15 is 0 Å². The number of nitrogens with zero attached hydrogens (tertiary/aromatic N) is 3. The van der Waals surface area contributed by atoms with Crippen LogP contribution in [0.4, 0.5) is 5.13 Å². The highest BCUT2D eigenvalue weighted by Crippen LogP contribution is 2.19. The summed E-state index contributed by atoms with van der Waals surface area (Å²) in [5.41, 5.74) is 1.69. The lowest BCUT2D eigenvalue weighted by atomic mass is 10.1. The Hall–Kier alpha value is -2.21. The minimum Gasteiger partial charge on any atom is -0.345 e. The number of aromatic nitrogens is 1. The molecular weight excluding hydrogens is 310 g/mol. The molecule has 2 aromatic rings. The molecule has 3 rings (SSSR count). The Balaban J connectivity index is 1.48. The fraction of sp³-hybridized carbons (Fsp3) is 0.353. The Bertz CT molecular complexity index is 664. The third kappa shape index (κ3) is 3.96. The van der Waals surface area contributed by atoms with Crippen LogP contribution < -0.4 is 4.90 Å². The highest BCUT2D eigenvalue weighted by molar-refractivity contribution is 7.13. The molecule has 0 aliphatic carbocycles. The van der Waals surface area contributed by atoms with Crippen molar-refractivity contribution in [3.05, 3.63) is 47.0 Å². The highest BCUT2D eigenvalue weighted by Gasteiger charge is 2.21. The summed E-state index contributed by atoms with van der Waals surface area (Å²) in [4.78, 5) is 31.6. The fourth-order valence-corrected chi connectivity index (χ4v) is 3.45. The normalized spacial score (nSPS) is 14.8. The molecule has 0 radical (unpaired) electrons. The Morgan fingerprint density at radius 2 is 2.09 bits per heavy atom. The molecule has 1 aromatic carbocycles. The number of aryl methyl sites for hydroxylation is 1. The zero-order valence-electron chi connectivity index (χ0n) is 12.9. The average molecular weight is 329 g/mol. The first kappa shape index (κ1) is 15.7. The third-order valence-electron chi connectivity index (χ3n) is 4.04. The SMILES string of the molecule is O=Cc1cccc(CCC(=O)N2CCN(c3nccs3)CC2)c1. The molecule has 0 unspecified atom stereocenters. The van der Waals surface area contributed by atoms with Crippen molar-refractivity contribution in [3.63, 3.8) is 0 Å². The van der Waals surface area contributed by atoms with Gasteiger partial charge in [-0.2, -0.15) is 0 Å². The number of hydrogen-bond acceptors (Lipinski definition) is 5. The summed E-state index contributed by atoms with van der Waals surface area (Å²) in [7, 11) is 0. The van der Waals surface area contributed by atoms with E-state index in [1.54, 1.807) is 17.4 Å². The van der Waals surface area contributed by atoms with Crippen LogP contribution in [0.25, 0.3) is 0 Å². The number of piperazine rings is 1. The molecule has 1 saturated heterocycles. The molecule has 1 amide bonds. The topological polar surface area (TPSA) is 53.5 Å². The average Bonchev–Trinajstić information content (AvgIpc) is 3.14. The first-order valence-corrected chi connectivity index (χ1v) is 8.60. The van der Waals surface area contributed by atoms with Gasteiger partial charge in [-0.05, 0) is 18.1 Å². The number of benzene rings is 1. The number of carbonyl (C=O) groups is 2. The molecule has 5 nitrogen and oxygen atoms in total. The number of thiazole rings is 1. The van der Waals surface area contributed by atoms with E-state index in [9.17, 15) is 9.59 Å². The van der Waals surface area contributed by atoms with Crippen molar-refractivity contribution >= 4 is 28.7 Å². The van der Waals surface area contributed by atoms with Crippen molar-refractivity contribution in [1.29, 1.82) is 0 Å². The first-order chi connectivity index (χ1) is 11.3. The van der Waals surface area contributed by atoms with E-state index in [-0.39, 0.29) is 5.91 Å². The molecule has 120 valence electrons. The van der Waals surface area contributed by atoms with Crippen molar-refractivity contribution < 1.29 is 9.59 Å². The van der Waals surface area contributed by atoms with Crippen molar-refractivity contribution in [2.45, 2.75) is 12.8 Å². The molecule has 0 spiro atoms. The molecule has 1 aromatic heterocycles. The van der Waals surface area contributed by atoms with Crippen LogP contribution in [0.15, 0.2) is 35.8 Å². The molecule has 0 saturated carbocycles. The van der Waals surface area contributed by atoms with E-state index < -0.39 is 0 Å². The van der Waals surface area contributed by atoms with E-state index in [1.807, 2.05) is 34.7 Å². The van der Waals surface area contributed by atoms with Crippen LogP contribution in [-0.4, -0.2) is 48.3 Å². The van der Waals surface area contributed by atoms with Gasteiger partial charge in [-0.1, -0.05) is 18.2 Å². The van der Waals surface area contributed by atoms with Crippen LogP contribution in [0, 0.1) is 0 Å². The lowest BCUT2D eigenvalue weighted by Gasteiger charge is -2.34. The van der Waals surface area contributed by atoms with Gasteiger partial charge in [0, 0.05) is 49.7 Å². The van der Waals surface area contributed by atoms with Gasteiger partial charge in [0.1, 0.15) is 6.29 Å². The summed E-state index contributed by atoms with van der Waals surface area (Å²) in [6, 6.07) is 7.44. The minimum atomic E-state index is 0.181. The molecule has 1 fully saturated rings. The summed E-state index contributed by atoms with van der Waals surface area (Å²) in [6.45, 7) is 3.15. The molecule has 0 N–H and O–H groups in total. The molecular formula is C17H19N3O2S. The largest absolute Gasteiger partial charge is 0.345 e. The van der Waals surface area contributed by atoms with Crippen LogP contribution >= 0.6 is 11.3 Å². The summed E-state index contributed by atoms with van der Waals surface area (Å²) < 4.78 is 0. The van der Waals surface area contributed by atoms with Crippen molar-refractivity contribution in [1.82, 2.24) is 9.88 Å². The monoisotopic (exact) mass is 329 g/mol. The second-order valence-electron chi connectivity index (χ2n) is 5.55. The molecule has 1 aliphatic heterocycles. The molecule has 1 aliphatic rings. The van der Waals surface area contributed by atoms with Crippen LogP contribution in [0.1, 0.15) is 22.3 Å². The van der Waals surface area contributed by atoms with Crippen LogP contribution in [0.2, 0.25) is 0 Å². The Kier molecular flexibility index (Phi) is 5.02. The second-order valence-corrected chi connectivity index (χ2v) is 6.42. The predicted molar refractivity (Wildman–Crippen MR) is 91.1 cm³/mol. The van der Waals surface area contributed by atoms with Crippen LogP contribution in [-0.2, 0) is 11.2 Å². The third-order valence-corrected chi connectivity index (χ3v) is 4.87. The van der Waals surface area contributed by atoms with E-state index in [1.165, 1.54) is 0 Å². The second kappa shape index (κ2) is 7.37. The number of aldehydes is 1.